The van der Waals surface area contributed by atoms with Gasteiger partial charge in [0, 0.05) is 31.9 Å². The van der Waals surface area contributed by atoms with Crippen molar-refractivity contribution < 1.29 is 13.2 Å². The van der Waals surface area contributed by atoms with Crippen LogP contribution in [0, 0.1) is 0 Å². The van der Waals surface area contributed by atoms with Gasteiger partial charge in [-0.3, -0.25) is 9.78 Å². The Kier molecular flexibility index (Phi) is 5.32. The zero-order valence-electron chi connectivity index (χ0n) is 15.0. The topological polar surface area (TPSA) is 70.6 Å². The molecule has 25 heavy (non-hydrogen) atoms. The molecule has 1 aromatic heterocycles. The SMILES string of the molecule is CCC1CCCCN1c1cncc(C(=O)N(C)C2CCS(=O)(=O)C2)c1. The molecule has 1 amide bonds. The molecule has 1 aromatic rings. The molecule has 2 atom stereocenters. The Morgan fingerprint density at radius 1 is 1.32 bits per heavy atom. The van der Waals surface area contributed by atoms with Crippen LogP contribution in [0.4, 0.5) is 5.69 Å². The summed E-state index contributed by atoms with van der Waals surface area (Å²) < 4.78 is 23.4. The lowest BCUT2D eigenvalue weighted by Crippen LogP contribution is -2.40. The van der Waals surface area contributed by atoms with Gasteiger partial charge in [0.05, 0.1) is 29.0 Å². The van der Waals surface area contributed by atoms with Crippen LogP contribution >= 0.6 is 0 Å². The molecule has 3 heterocycles. The van der Waals surface area contributed by atoms with E-state index in [2.05, 4.69) is 16.8 Å². The first-order valence-corrected chi connectivity index (χ1v) is 10.9. The smallest absolute Gasteiger partial charge is 0.255 e. The van der Waals surface area contributed by atoms with Crippen LogP contribution in [0.15, 0.2) is 18.5 Å². The number of rotatable bonds is 4. The molecular formula is C18H27N3O3S. The van der Waals surface area contributed by atoms with Gasteiger partial charge < -0.3 is 9.80 Å². The average Bonchev–Trinajstić information content (AvgIpc) is 3.00. The number of aromatic nitrogens is 1. The molecule has 0 spiro atoms. The first-order chi connectivity index (χ1) is 11.9. The molecule has 0 aromatic carbocycles. The first-order valence-electron chi connectivity index (χ1n) is 9.10. The zero-order valence-corrected chi connectivity index (χ0v) is 15.8. The van der Waals surface area contributed by atoms with Crippen molar-refractivity contribution in [1.82, 2.24) is 9.88 Å². The molecule has 0 aliphatic carbocycles. The molecule has 2 aliphatic rings. The van der Waals surface area contributed by atoms with Crippen molar-refractivity contribution in [3.8, 4) is 0 Å². The summed E-state index contributed by atoms with van der Waals surface area (Å²) in [5.74, 6) is 0.0767. The number of sulfone groups is 1. The van der Waals surface area contributed by atoms with Crippen LogP contribution in [0.25, 0.3) is 0 Å². The predicted octanol–water partition coefficient (Wildman–Crippen LogP) is 2.11. The van der Waals surface area contributed by atoms with Crippen molar-refractivity contribution in [1.29, 1.82) is 0 Å². The second-order valence-electron chi connectivity index (χ2n) is 7.16. The fraction of sp³-hybridized carbons (Fsp3) is 0.667. The van der Waals surface area contributed by atoms with E-state index in [-0.39, 0.29) is 23.5 Å². The third-order valence-electron chi connectivity index (χ3n) is 5.48. The highest BCUT2D eigenvalue weighted by atomic mass is 32.2. The minimum atomic E-state index is -3.01. The summed E-state index contributed by atoms with van der Waals surface area (Å²) in [6, 6.07) is 2.17. The maximum absolute atomic E-state index is 12.8. The van der Waals surface area contributed by atoms with E-state index in [1.54, 1.807) is 18.1 Å². The average molecular weight is 365 g/mol. The Morgan fingerprint density at radius 3 is 2.80 bits per heavy atom. The summed E-state index contributed by atoms with van der Waals surface area (Å²) in [7, 11) is -1.32. The van der Waals surface area contributed by atoms with Crippen molar-refractivity contribution >= 4 is 21.4 Å². The molecule has 3 rings (SSSR count). The molecule has 138 valence electrons. The summed E-state index contributed by atoms with van der Waals surface area (Å²) in [4.78, 5) is 21.0. The highest BCUT2D eigenvalue weighted by molar-refractivity contribution is 7.91. The van der Waals surface area contributed by atoms with Gasteiger partial charge in [-0.25, -0.2) is 8.42 Å². The van der Waals surface area contributed by atoms with E-state index < -0.39 is 9.84 Å². The lowest BCUT2D eigenvalue weighted by Gasteiger charge is -2.37. The molecule has 2 fully saturated rings. The normalized spacial score (nSPS) is 25.8. The number of hydrogen-bond acceptors (Lipinski definition) is 5. The Bertz CT molecular complexity index is 735. The third-order valence-corrected chi connectivity index (χ3v) is 7.23. The van der Waals surface area contributed by atoms with E-state index in [1.165, 1.54) is 12.8 Å². The highest BCUT2D eigenvalue weighted by Crippen LogP contribution is 2.27. The van der Waals surface area contributed by atoms with Crippen LogP contribution in [0.3, 0.4) is 0 Å². The van der Waals surface area contributed by atoms with Gasteiger partial charge >= 0.3 is 0 Å². The summed E-state index contributed by atoms with van der Waals surface area (Å²) in [6.45, 7) is 3.19. The minimum absolute atomic E-state index is 0.0619. The summed E-state index contributed by atoms with van der Waals surface area (Å²) in [6.07, 6.45) is 8.59. The molecule has 2 aliphatic heterocycles. The lowest BCUT2D eigenvalue weighted by atomic mass is 9.99. The number of amides is 1. The molecule has 0 saturated carbocycles. The van der Waals surface area contributed by atoms with Gasteiger partial charge in [0.1, 0.15) is 0 Å². The van der Waals surface area contributed by atoms with E-state index >= 15 is 0 Å². The van der Waals surface area contributed by atoms with Crippen molar-refractivity contribution in [2.24, 2.45) is 0 Å². The molecule has 6 nitrogen and oxygen atoms in total. The monoisotopic (exact) mass is 365 g/mol. The van der Waals surface area contributed by atoms with Gasteiger partial charge in [-0.1, -0.05) is 6.92 Å². The summed E-state index contributed by atoms with van der Waals surface area (Å²) in [5.41, 5.74) is 1.52. The quantitative estimate of drug-likeness (QED) is 0.817. The molecule has 0 radical (unpaired) electrons. The first kappa shape index (κ1) is 18.2. The number of carbonyl (C=O) groups excluding carboxylic acids is 1. The fourth-order valence-electron chi connectivity index (χ4n) is 3.92. The molecule has 0 bridgehead atoms. The second kappa shape index (κ2) is 7.32. The standard InChI is InChI=1S/C18H27N3O3S/c1-3-15-6-4-5-8-21(15)17-10-14(11-19-12-17)18(22)20(2)16-7-9-25(23,24)13-16/h10-12,15-16H,3-9,13H2,1-2H3. The van der Waals surface area contributed by atoms with E-state index in [1.807, 2.05) is 12.3 Å². The van der Waals surface area contributed by atoms with Crippen molar-refractivity contribution in [2.75, 3.05) is 30.0 Å². The number of hydrogen-bond donors (Lipinski definition) is 0. The van der Waals surface area contributed by atoms with Crippen LogP contribution in [-0.4, -0.2) is 61.4 Å². The summed E-state index contributed by atoms with van der Waals surface area (Å²) >= 11 is 0. The number of pyridine rings is 1. The zero-order chi connectivity index (χ0) is 18.0. The van der Waals surface area contributed by atoms with Gasteiger partial charge in [-0.15, -0.1) is 0 Å². The van der Waals surface area contributed by atoms with Crippen LogP contribution in [0.2, 0.25) is 0 Å². The van der Waals surface area contributed by atoms with Crippen LogP contribution in [0.1, 0.15) is 49.4 Å². The molecule has 7 heteroatoms. The van der Waals surface area contributed by atoms with Crippen molar-refractivity contribution in [3.05, 3.63) is 24.0 Å². The Morgan fingerprint density at radius 2 is 2.12 bits per heavy atom. The Balaban J connectivity index is 1.77. The molecular weight excluding hydrogens is 338 g/mol. The van der Waals surface area contributed by atoms with Gasteiger partial charge in [0.25, 0.3) is 5.91 Å². The maximum atomic E-state index is 12.8. The fourth-order valence-corrected chi connectivity index (χ4v) is 5.69. The van der Waals surface area contributed by atoms with Crippen molar-refractivity contribution in [2.45, 2.75) is 51.1 Å². The number of nitrogens with zero attached hydrogens (tertiary/aromatic N) is 3. The third kappa shape index (κ3) is 3.97. The van der Waals surface area contributed by atoms with E-state index in [0.717, 1.165) is 25.1 Å². The predicted molar refractivity (Wildman–Crippen MR) is 98.7 cm³/mol. The van der Waals surface area contributed by atoms with Crippen LogP contribution in [-0.2, 0) is 9.84 Å². The molecule has 2 unspecified atom stereocenters. The van der Waals surface area contributed by atoms with Gasteiger partial charge in [-0.05, 0) is 38.2 Å². The largest absolute Gasteiger partial charge is 0.367 e. The lowest BCUT2D eigenvalue weighted by molar-refractivity contribution is 0.0747. The van der Waals surface area contributed by atoms with E-state index in [4.69, 9.17) is 0 Å². The summed E-state index contributed by atoms with van der Waals surface area (Å²) in [5, 5.41) is 0. The number of carbonyl (C=O) groups is 1. The minimum Gasteiger partial charge on any atom is -0.367 e. The van der Waals surface area contributed by atoms with Gasteiger partial charge in [0.15, 0.2) is 9.84 Å². The highest BCUT2D eigenvalue weighted by Gasteiger charge is 2.33. The number of anilines is 1. The van der Waals surface area contributed by atoms with E-state index in [0.29, 0.717) is 18.0 Å². The maximum Gasteiger partial charge on any atom is 0.255 e. The second-order valence-corrected chi connectivity index (χ2v) is 9.38. The Labute approximate surface area is 150 Å². The van der Waals surface area contributed by atoms with E-state index in [9.17, 15) is 13.2 Å². The van der Waals surface area contributed by atoms with Crippen molar-refractivity contribution in [3.63, 3.8) is 0 Å². The molecule has 0 N–H and O–H groups in total. The van der Waals surface area contributed by atoms with Crippen LogP contribution in [0.5, 0.6) is 0 Å². The van der Waals surface area contributed by atoms with Crippen LogP contribution < -0.4 is 4.90 Å². The molecule has 2 saturated heterocycles. The number of piperidine rings is 1. The van der Waals surface area contributed by atoms with Gasteiger partial charge in [-0.2, -0.15) is 0 Å². The Hall–Kier alpha value is -1.63. The van der Waals surface area contributed by atoms with Gasteiger partial charge in [0.2, 0.25) is 0 Å².